The number of hydrogen-bond donors (Lipinski definition) is 1. The lowest BCUT2D eigenvalue weighted by atomic mass is 10.1. The van der Waals surface area contributed by atoms with Crippen molar-refractivity contribution in [2.75, 3.05) is 15.9 Å². The van der Waals surface area contributed by atoms with E-state index in [4.69, 9.17) is 4.74 Å². The Morgan fingerprint density at radius 1 is 1.18 bits per heavy atom. The lowest BCUT2D eigenvalue weighted by Crippen LogP contribution is -2.47. The number of anilines is 2. The van der Waals surface area contributed by atoms with Crippen molar-refractivity contribution in [3.8, 4) is 5.75 Å². The van der Waals surface area contributed by atoms with Crippen molar-refractivity contribution >= 4 is 27.3 Å². The first-order chi connectivity index (χ1) is 13.1. The van der Waals surface area contributed by atoms with E-state index >= 15 is 0 Å². The molecule has 0 heterocycles. The van der Waals surface area contributed by atoms with Crippen LogP contribution >= 0.6 is 0 Å². The zero-order valence-electron chi connectivity index (χ0n) is 16.3. The quantitative estimate of drug-likeness (QED) is 0.721. The summed E-state index contributed by atoms with van der Waals surface area (Å²) in [6, 6.07) is 11.2. The van der Waals surface area contributed by atoms with Crippen LogP contribution in [0.1, 0.15) is 27.2 Å². The normalized spacial score (nSPS) is 12.5. The van der Waals surface area contributed by atoms with Crippen molar-refractivity contribution in [3.63, 3.8) is 0 Å². The van der Waals surface area contributed by atoms with Gasteiger partial charge in [-0.15, -0.1) is 0 Å². The summed E-state index contributed by atoms with van der Waals surface area (Å²) < 4.78 is 45.5. The largest absolute Gasteiger partial charge is 0.491 e. The molecule has 1 N–H and O–H groups in total. The lowest BCUT2D eigenvalue weighted by Gasteiger charge is -2.30. The zero-order chi connectivity index (χ0) is 20.9. The number of nitrogens with one attached hydrogen (secondary N) is 1. The SMILES string of the molecule is CCC(C(=O)Nc1cccc(OC(C)C)c1)N(c1ccccc1F)S(C)(=O)=O. The Kier molecular flexibility index (Phi) is 7.01. The van der Waals surface area contributed by atoms with Crippen LogP contribution in [-0.2, 0) is 14.8 Å². The van der Waals surface area contributed by atoms with Crippen molar-refractivity contribution < 1.29 is 22.3 Å². The van der Waals surface area contributed by atoms with Gasteiger partial charge in [-0.2, -0.15) is 0 Å². The zero-order valence-corrected chi connectivity index (χ0v) is 17.2. The van der Waals surface area contributed by atoms with Crippen LogP contribution in [0.2, 0.25) is 0 Å². The Bertz CT molecular complexity index is 931. The summed E-state index contributed by atoms with van der Waals surface area (Å²) in [7, 11) is -3.91. The molecule has 2 aromatic rings. The molecule has 0 aromatic heterocycles. The molecule has 28 heavy (non-hydrogen) atoms. The Morgan fingerprint density at radius 3 is 2.43 bits per heavy atom. The third-order valence-electron chi connectivity index (χ3n) is 3.89. The molecule has 0 fully saturated rings. The predicted octanol–water partition coefficient (Wildman–Crippen LogP) is 3.80. The smallest absolute Gasteiger partial charge is 0.248 e. The van der Waals surface area contributed by atoms with E-state index in [9.17, 15) is 17.6 Å². The molecule has 0 aliphatic heterocycles. The molecule has 1 amide bonds. The van der Waals surface area contributed by atoms with Crippen LogP contribution in [0.25, 0.3) is 0 Å². The van der Waals surface area contributed by atoms with E-state index in [1.54, 1.807) is 31.2 Å². The van der Waals surface area contributed by atoms with Crippen LogP contribution in [0.5, 0.6) is 5.75 Å². The van der Waals surface area contributed by atoms with Gasteiger partial charge in [0.15, 0.2) is 0 Å². The monoisotopic (exact) mass is 408 g/mol. The highest BCUT2D eigenvalue weighted by atomic mass is 32.2. The van der Waals surface area contributed by atoms with Gasteiger partial charge in [0, 0.05) is 11.8 Å². The minimum Gasteiger partial charge on any atom is -0.491 e. The fourth-order valence-corrected chi connectivity index (χ4v) is 4.02. The second-order valence-corrected chi connectivity index (χ2v) is 8.48. The highest BCUT2D eigenvalue weighted by Crippen LogP contribution is 2.26. The molecule has 0 aliphatic carbocycles. The maximum Gasteiger partial charge on any atom is 0.248 e. The van der Waals surface area contributed by atoms with Crippen molar-refractivity contribution in [3.05, 3.63) is 54.3 Å². The van der Waals surface area contributed by atoms with Gasteiger partial charge in [0.1, 0.15) is 17.6 Å². The van der Waals surface area contributed by atoms with Gasteiger partial charge in [0.25, 0.3) is 0 Å². The fraction of sp³-hybridized carbons (Fsp3) is 0.350. The first-order valence-corrected chi connectivity index (χ1v) is 10.8. The van der Waals surface area contributed by atoms with Gasteiger partial charge >= 0.3 is 0 Å². The van der Waals surface area contributed by atoms with E-state index in [0.29, 0.717) is 11.4 Å². The van der Waals surface area contributed by atoms with E-state index in [2.05, 4.69) is 5.32 Å². The molecular weight excluding hydrogens is 383 g/mol. The molecule has 0 saturated carbocycles. The van der Waals surface area contributed by atoms with E-state index in [1.807, 2.05) is 13.8 Å². The van der Waals surface area contributed by atoms with Crippen molar-refractivity contribution in [1.82, 2.24) is 0 Å². The number of halogens is 1. The molecular formula is C20H25FN2O4S. The van der Waals surface area contributed by atoms with Crippen LogP contribution in [-0.4, -0.2) is 32.7 Å². The number of carbonyl (C=O) groups is 1. The van der Waals surface area contributed by atoms with E-state index in [-0.39, 0.29) is 18.2 Å². The van der Waals surface area contributed by atoms with Gasteiger partial charge in [0.2, 0.25) is 15.9 Å². The summed E-state index contributed by atoms with van der Waals surface area (Å²) in [6.45, 7) is 5.44. The number of ether oxygens (including phenoxy) is 1. The molecule has 0 spiro atoms. The second-order valence-electron chi connectivity index (χ2n) is 6.62. The number of amides is 1. The number of hydrogen-bond acceptors (Lipinski definition) is 4. The molecule has 2 rings (SSSR count). The number of carbonyl (C=O) groups excluding carboxylic acids is 1. The van der Waals surface area contributed by atoms with Gasteiger partial charge in [0.05, 0.1) is 18.0 Å². The van der Waals surface area contributed by atoms with Crippen molar-refractivity contribution in [2.24, 2.45) is 0 Å². The van der Waals surface area contributed by atoms with E-state index < -0.39 is 27.8 Å². The summed E-state index contributed by atoms with van der Waals surface area (Å²) in [5.41, 5.74) is 0.299. The topological polar surface area (TPSA) is 75.7 Å². The van der Waals surface area contributed by atoms with E-state index in [0.717, 1.165) is 16.6 Å². The summed E-state index contributed by atoms with van der Waals surface area (Å²) in [5, 5.41) is 2.70. The Hall–Kier alpha value is -2.61. The van der Waals surface area contributed by atoms with Gasteiger partial charge in [-0.1, -0.05) is 25.1 Å². The first kappa shape index (κ1) is 21.7. The second kappa shape index (κ2) is 9.05. The number of benzene rings is 2. The van der Waals surface area contributed by atoms with E-state index in [1.165, 1.54) is 18.2 Å². The maximum absolute atomic E-state index is 14.3. The minimum absolute atomic E-state index is 0.0314. The highest BCUT2D eigenvalue weighted by Gasteiger charge is 2.33. The highest BCUT2D eigenvalue weighted by molar-refractivity contribution is 7.92. The molecule has 8 heteroatoms. The third-order valence-corrected chi connectivity index (χ3v) is 5.06. The summed E-state index contributed by atoms with van der Waals surface area (Å²) >= 11 is 0. The van der Waals surface area contributed by atoms with Crippen LogP contribution in [0, 0.1) is 5.82 Å². The molecule has 0 aliphatic rings. The number of para-hydroxylation sites is 1. The van der Waals surface area contributed by atoms with Crippen molar-refractivity contribution in [1.29, 1.82) is 0 Å². The summed E-state index contributed by atoms with van der Waals surface area (Å²) in [4.78, 5) is 12.9. The molecule has 2 aromatic carbocycles. The maximum atomic E-state index is 14.3. The lowest BCUT2D eigenvalue weighted by molar-refractivity contribution is -0.117. The first-order valence-electron chi connectivity index (χ1n) is 8.95. The van der Waals surface area contributed by atoms with Crippen molar-refractivity contribution in [2.45, 2.75) is 39.3 Å². The van der Waals surface area contributed by atoms with Gasteiger partial charge < -0.3 is 10.1 Å². The Labute approximate surface area is 165 Å². The molecule has 0 radical (unpaired) electrons. The summed E-state index contributed by atoms with van der Waals surface area (Å²) in [5.74, 6) is -0.695. The number of sulfonamides is 1. The average molecular weight is 408 g/mol. The van der Waals surface area contributed by atoms with Crippen LogP contribution in [0.3, 0.4) is 0 Å². The third kappa shape index (κ3) is 5.45. The molecule has 1 unspecified atom stereocenters. The molecule has 152 valence electrons. The fourth-order valence-electron chi connectivity index (χ4n) is 2.81. The minimum atomic E-state index is -3.91. The molecule has 0 bridgehead atoms. The van der Waals surface area contributed by atoms with Crippen LogP contribution < -0.4 is 14.4 Å². The summed E-state index contributed by atoms with van der Waals surface area (Å²) in [6.07, 6.45) is 1.08. The molecule has 0 saturated heterocycles. The average Bonchev–Trinajstić information content (AvgIpc) is 2.59. The van der Waals surface area contributed by atoms with Crippen LogP contribution in [0.4, 0.5) is 15.8 Å². The Balaban J connectivity index is 2.34. The number of nitrogens with zero attached hydrogens (tertiary/aromatic N) is 1. The van der Waals surface area contributed by atoms with Crippen LogP contribution in [0.15, 0.2) is 48.5 Å². The number of rotatable bonds is 8. The molecule has 1 atom stereocenters. The predicted molar refractivity (Wildman–Crippen MR) is 109 cm³/mol. The molecule has 6 nitrogen and oxygen atoms in total. The van der Waals surface area contributed by atoms with Gasteiger partial charge in [-0.25, -0.2) is 12.8 Å². The van der Waals surface area contributed by atoms with Gasteiger partial charge in [-0.3, -0.25) is 9.10 Å². The Morgan fingerprint density at radius 2 is 1.86 bits per heavy atom. The van der Waals surface area contributed by atoms with Gasteiger partial charge in [-0.05, 0) is 44.5 Å². The standard InChI is InChI=1S/C20H25FN2O4S/c1-5-18(23(28(4,25)26)19-12-7-6-11-17(19)21)20(24)22-15-9-8-10-16(13-15)27-14(2)3/h6-14,18H,5H2,1-4H3,(H,22,24).